The molecule has 2 rings (SSSR count). The molecular weight excluding hydrogens is 264 g/mol. The van der Waals surface area contributed by atoms with Gasteiger partial charge in [-0.1, -0.05) is 18.2 Å². The Morgan fingerprint density at radius 2 is 1.95 bits per heavy atom. The summed E-state index contributed by atoms with van der Waals surface area (Å²) in [5.74, 6) is 0.520. The van der Waals surface area contributed by atoms with Crippen molar-refractivity contribution >= 4 is 17.3 Å². The largest absolute Gasteiger partial charge is 0.481 e. The van der Waals surface area contributed by atoms with Crippen molar-refractivity contribution in [2.75, 3.05) is 11.1 Å². The molecule has 2 aromatic carbocycles. The summed E-state index contributed by atoms with van der Waals surface area (Å²) in [7, 11) is 0. The number of rotatable bonds is 4. The summed E-state index contributed by atoms with van der Waals surface area (Å²) in [5, 5.41) is 2.79. The topological polar surface area (TPSA) is 64.3 Å². The molecule has 4 nitrogen and oxygen atoms in total. The Hall–Kier alpha value is -2.49. The molecule has 0 bridgehead atoms. The van der Waals surface area contributed by atoms with Crippen LogP contribution in [0.3, 0.4) is 0 Å². The van der Waals surface area contributed by atoms with Crippen LogP contribution < -0.4 is 15.8 Å². The van der Waals surface area contributed by atoms with Crippen molar-refractivity contribution in [2.45, 2.75) is 26.9 Å². The van der Waals surface area contributed by atoms with Crippen molar-refractivity contribution in [1.82, 2.24) is 0 Å². The van der Waals surface area contributed by atoms with Gasteiger partial charge in [0.05, 0.1) is 0 Å². The van der Waals surface area contributed by atoms with Crippen LogP contribution in [0.25, 0.3) is 0 Å². The highest BCUT2D eigenvalue weighted by molar-refractivity contribution is 5.94. The number of carbonyl (C=O) groups is 1. The fraction of sp³-hybridized carbons (Fsp3) is 0.235. The molecule has 0 unspecified atom stereocenters. The summed E-state index contributed by atoms with van der Waals surface area (Å²) in [6, 6.07) is 13.0. The van der Waals surface area contributed by atoms with Gasteiger partial charge in [-0.15, -0.1) is 0 Å². The number of nitrogens with two attached hydrogens (primary N) is 1. The maximum Gasteiger partial charge on any atom is 0.265 e. The number of nitrogens with one attached hydrogen (secondary N) is 1. The van der Waals surface area contributed by atoms with Gasteiger partial charge in [0.2, 0.25) is 0 Å². The second-order valence-corrected chi connectivity index (χ2v) is 5.14. The van der Waals surface area contributed by atoms with Crippen molar-refractivity contribution in [1.29, 1.82) is 0 Å². The van der Waals surface area contributed by atoms with Crippen LogP contribution in [0, 0.1) is 13.8 Å². The first-order valence-electron chi connectivity index (χ1n) is 6.86. The van der Waals surface area contributed by atoms with Crippen molar-refractivity contribution in [3.8, 4) is 5.75 Å². The maximum absolute atomic E-state index is 12.1. The lowest BCUT2D eigenvalue weighted by Crippen LogP contribution is -2.30. The van der Waals surface area contributed by atoms with E-state index in [1.807, 2.05) is 32.0 Å². The van der Waals surface area contributed by atoms with Gasteiger partial charge in [-0.3, -0.25) is 4.79 Å². The van der Waals surface area contributed by atoms with Crippen LogP contribution in [0.15, 0.2) is 42.5 Å². The van der Waals surface area contributed by atoms with Crippen LogP contribution in [0.2, 0.25) is 0 Å². The van der Waals surface area contributed by atoms with Gasteiger partial charge < -0.3 is 15.8 Å². The van der Waals surface area contributed by atoms with Crippen molar-refractivity contribution in [3.05, 3.63) is 53.6 Å². The number of ether oxygens (including phenoxy) is 1. The van der Waals surface area contributed by atoms with E-state index in [4.69, 9.17) is 10.5 Å². The van der Waals surface area contributed by atoms with Crippen LogP contribution in [0.5, 0.6) is 5.75 Å². The van der Waals surface area contributed by atoms with Crippen LogP contribution in [0.4, 0.5) is 11.4 Å². The fourth-order valence-electron chi connectivity index (χ4n) is 1.94. The molecular formula is C17H20N2O2. The van der Waals surface area contributed by atoms with E-state index in [0.717, 1.165) is 16.9 Å². The number of hydrogen-bond acceptors (Lipinski definition) is 3. The molecule has 0 saturated heterocycles. The van der Waals surface area contributed by atoms with Crippen molar-refractivity contribution in [3.63, 3.8) is 0 Å². The van der Waals surface area contributed by atoms with Crippen molar-refractivity contribution < 1.29 is 9.53 Å². The number of benzene rings is 2. The molecule has 0 aliphatic carbocycles. The van der Waals surface area contributed by atoms with Gasteiger partial charge in [0, 0.05) is 11.4 Å². The second-order valence-electron chi connectivity index (χ2n) is 5.14. The average Bonchev–Trinajstić information content (AvgIpc) is 2.43. The maximum atomic E-state index is 12.1. The van der Waals surface area contributed by atoms with Crippen LogP contribution in [-0.4, -0.2) is 12.0 Å². The molecule has 4 heteroatoms. The third-order valence-corrected chi connectivity index (χ3v) is 3.17. The Morgan fingerprint density at radius 1 is 1.19 bits per heavy atom. The SMILES string of the molecule is Cc1ccc(C)c(O[C@H](C)C(=O)Nc2cccc(N)c2)c1. The van der Waals surface area contributed by atoms with E-state index >= 15 is 0 Å². The number of hydrogen-bond donors (Lipinski definition) is 2. The summed E-state index contributed by atoms with van der Waals surface area (Å²) in [6.07, 6.45) is -0.591. The number of nitrogen functional groups attached to an aromatic ring is 1. The molecule has 0 aromatic heterocycles. The first-order valence-corrected chi connectivity index (χ1v) is 6.86. The molecule has 110 valence electrons. The molecule has 0 radical (unpaired) electrons. The van der Waals surface area contributed by atoms with Gasteiger partial charge in [0.1, 0.15) is 5.75 Å². The van der Waals surface area contributed by atoms with Gasteiger partial charge in [0.25, 0.3) is 5.91 Å². The van der Waals surface area contributed by atoms with Gasteiger partial charge >= 0.3 is 0 Å². The standard InChI is InChI=1S/C17H20N2O2/c1-11-7-8-12(2)16(9-11)21-13(3)17(20)19-15-6-4-5-14(18)10-15/h4-10,13H,18H2,1-3H3,(H,19,20)/t13-/m1/s1. The highest BCUT2D eigenvalue weighted by atomic mass is 16.5. The lowest BCUT2D eigenvalue weighted by molar-refractivity contribution is -0.122. The zero-order valence-corrected chi connectivity index (χ0v) is 12.5. The van der Waals surface area contributed by atoms with Gasteiger partial charge in [-0.05, 0) is 56.2 Å². The quantitative estimate of drug-likeness (QED) is 0.847. The van der Waals surface area contributed by atoms with E-state index in [1.54, 1.807) is 31.2 Å². The highest BCUT2D eigenvalue weighted by Gasteiger charge is 2.16. The summed E-state index contributed by atoms with van der Waals surface area (Å²) in [6.45, 7) is 5.67. The summed E-state index contributed by atoms with van der Waals surface area (Å²) in [4.78, 5) is 12.1. The molecule has 1 atom stereocenters. The number of carbonyl (C=O) groups excluding carboxylic acids is 1. The van der Waals surface area contributed by atoms with Gasteiger partial charge in [-0.2, -0.15) is 0 Å². The van der Waals surface area contributed by atoms with Crippen molar-refractivity contribution in [2.24, 2.45) is 0 Å². The summed E-state index contributed by atoms with van der Waals surface area (Å²) < 4.78 is 5.75. The Labute approximate surface area is 124 Å². The van der Waals surface area contributed by atoms with Gasteiger partial charge in [-0.25, -0.2) is 0 Å². The number of aryl methyl sites for hydroxylation is 2. The number of amides is 1. The first-order chi connectivity index (χ1) is 9.95. The van der Waals surface area contributed by atoms with E-state index < -0.39 is 6.10 Å². The van der Waals surface area contributed by atoms with E-state index in [9.17, 15) is 4.79 Å². The van der Waals surface area contributed by atoms with E-state index in [1.165, 1.54) is 0 Å². The predicted molar refractivity (Wildman–Crippen MR) is 85.5 cm³/mol. The number of anilines is 2. The molecule has 0 spiro atoms. The Bertz CT molecular complexity index is 653. The van der Waals surface area contributed by atoms with Gasteiger partial charge in [0.15, 0.2) is 6.10 Å². The van der Waals surface area contributed by atoms with Crippen LogP contribution in [0.1, 0.15) is 18.1 Å². The molecule has 3 N–H and O–H groups in total. The lowest BCUT2D eigenvalue weighted by atomic mass is 10.1. The minimum absolute atomic E-state index is 0.207. The second kappa shape index (κ2) is 6.31. The fourth-order valence-corrected chi connectivity index (χ4v) is 1.94. The Balaban J connectivity index is 2.04. The minimum Gasteiger partial charge on any atom is -0.481 e. The molecule has 2 aromatic rings. The van der Waals surface area contributed by atoms with Crippen LogP contribution in [-0.2, 0) is 4.79 Å². The van der Waals surface area contributed by atoms with E-state index in [0.29, 0.717) is 11.4 Å². The molecule has 1 amide bonds. The summed E-state index contributed by atoms with van der Waals surface area (Å²) in [5.41, 5.74) is 9.06. The molecule has 0 saturated carbocycles. The third kappa shape index (κ3) is 3.99. The first kappa shape index (κ1) is 14.9. The Morgan fingerprint density at radius 3 is 2.67 bits per heavy atom. The monoisotopic (exact) mass is 284 g/mol. The Kier molecular flexibility index (Phi) is 4.48. The summed E-state index contributed by atoms with van der Waals surface area (Å²) >= 11 is 0. The molecule has 21 heavy (non-hydrogen) atoms. The minimum atomic E-state index is -0.591. The third-order valence-electron chi connectivity index (χ3n) is 3.17. The lowest BCUT2D eigenvalue weighted by Gasteiger charge is -2.17. The van der Waals surface area contributed by atoms with Crippen LogP contribution >= 0.6 is 0 Å². The average molecular weight is 284 g/mol. The smallest absolute Gasteiger partial charge is 0.265 e. The van der Waals surface area contributed by atoms with E-state index in [2.05, 4.69) is 5.32 Å². The van der Waals surface area contributed by atoms with E-state index in [-0.39, 0.29) is 5.91 Å². The normalized spacial score (nSPS) is 11.8. The highest BCUT2D eigenvalue weighted by Crippen LogP contribution is 2.21. The predicted octanol–water partition coefficient (Wildman–Crippen LogP) is 3.29. The zero-order valence-electron chi connectivity index (χ0n) is 12.5. The molecule has 0 heterocycles. The molecule has 0 fully saturated rings. The molecule has 0 aliphatic rings. The zero-order chi connectivity index (χ0) is 15.4. The molecule has 0 aliphatic heterocycles.